The van der Waals surface area contributed by atoms with E-state index in [1.165, 1.54) is 12.1 Å². The minimum Gasteiger partial charge on any atom is -0.365 e. The number of fused-ring (bicyclic) bond motifs is 1. The lowest BCUT2D eigenvalue weighted by Gasteiger charge is -2.30. The van der Waals surface area contributed by atoms with Gasteiger partial charge in [-0.05, 0) is 42.0 Å². The summed E-state index contributed by atoms with van der Waals surface area (Å²) in [6.07, 6.45) is 0.262. The van der Waals surface area contributed by atoms with Crippen molar-refractivity contribution < 1.29 is 9.18 Å². The van der Waals surface area contributed by atoms with Crippen LogP contribution in [0.1, 0.15) is 11.1 Å². The number of carbonyl (C=O) groups excluding carboxylic acids is 1. The van der Waals surface area contributed by atoms with E-state index in [-0.39, 0.29) is 18.0 Å². The fourth-order valence-corrected chi connectivity index (χ4v) is 3.89. The smallest absolute Gasteiger partial charge is 0.255 e. The Labute approximate surface area is 173 Å². The predicted octanol–water partition coefficient (Wildman–Crippen LogP) is 4.43. The Kier molecular flexibility index (Phi) is 4.82. The van der Waals surface area contributed by atoms with Crippen LogP contribution in [0.3, 0.4) is 0 Å². The predicted molar refractivity (Wildman–Crippen MR) is 112 cm³/mol. The van der Waals surface area contributed by atoms with Crippen molar-refractivity contribution in [1.29, 1.82) is 0 Å². The van der Waals surface area contributed by atoms with Gasteiger partial charge in [-0.25, -0.2) is 4.39 Å². The molecule has 0 aromatic heterocycles. The first-order valence-corrected chi connectivity index (χ1v) is 9.32. The van der Waals surface area contributed by atoms with E-state index in [0.29, 0.717) is 26.8 Å². The van der Waals surface area contributed by atoms with Crippen molar-refractivity contribution in [3.05, 3.63) is 87.7 Å². The highest BCUT2D eigenvalue weighted by Gasteiger charge is 2.47. The van der Waals surface area contributed by atoms with Crippen LogP contribution in [0.25, 0.3) is 0 Å². The van der Waals surface area contributed by atoms with Crippen LogP contribution in [0.2, 0.25) is 10.0 Å². The highest BCUT2D eigenvalue weighted by molar-refractivity contribution is 6.32. The van der Waals surface area contributed by atoms with Gasteiger partial charge in [-0.3, -0.25) is 4.79 Å². The van der Waals surface area contributed by atoms with E-state index in [1.54, 1.807) is 36.4 Å². The lowest BCUT2D eigenvalue weighted by atomic mass is 9.84. The quantitative estimate of drug-likeness (QED) is 0.624. The van der Waals surface area contributed by atoms with E-state index in [9.17, 15) is 9.18 Å². The third-order valence-corrected chi connectivity index (χ3v) is 5.25. The normalized spacial score (nSPS) is 17.9. The molecule has 28 heavy (non-hydrogen) atoms. The number of nitrogens with one attached hydrogen (secondary N) is 2. The van der Waals surface area contributed by atoms with Crippen molar-refractivity contribution in [2.24, 2.45) is 0 Å². The van der Waals surface area contributed by atoms with Crippen molar-refractivity contribution in [2.45, 2.75) is 12.0 Å². The van der Waals surface area contributed by atoms with Crippen molar-refractivity contribution in [3.63, 3.8) is 0 Å². The van der Waals surface area contributed by atoms with Crippen LogP contribution in [0, 0.1) is 5.82 Å². The van der Waals surface area contributed by atoms with E-state index in [2.05, 4.69) is 10.6 Å². The first kappa shape index (κ1) is 18.8. The number of hydrogen-bond donors (Lipinski definition) is 2. The molecule has 2 N–H and O–H groups in total. The number of rotatable bonds is 4. The van der Waals surface area contributed by atoms with E-state index in [0.717, 1.165) is 5.56 Å². The molecule has 1 heterocycles. The number of anilines is 2. The topological polar surface area (TPSA) is 41.1 Å². The molecule has 0 spiro atoms. The molecule has 1 unspecified atom stereocenters. The monoisotopic (exact) mass is 410 g/mol. The molecule has 1 aliphatic rings. The first-order valence-electron chi connectivity index (χ1n) is 8.56. The van der Waals surface area contributed by atoms with Crippen LogP contribution in [0.4, 0.5) is 15.8 Å². The number of amides is 1. The largest absolute Gasteiger partial charge is 0.365 e. The molecular weight excluding hydrogens is 397 g/mol. The summed E-state index contributed by atoms with van der Waals surface area (Å²) in [5.74, 6) is -0.846. The zero-order valence-corrected chi connectivity index (χ0v) is 16.1. The van der Waals surface area contributed by atoms with Gasteiger partial charge < -0.3 is 10.6 Å². The Hall–Kier alpha value is -2.50. The average Bonchev–Trinajstić information content (AvgIpc) is 2.88. The Balaban J connectivity index is 1.85. The second kappa shape index (κ2) is 7.15. The highest BCUT2D eigenvalue weighted by Crippen LogP contribution is 2.42. The van der Waals surface area contributed by atoms with E-state index in [1.807, 2.05) is 12.1 Å². The Morgan fingerprint density at radius 1 is 1.04 bits per heavy atom. The van der Waals surface area contributed by atoms with Gasteiger partial charge in [0.1, 0.15) is 19.2 Å². The van der Waals surface area contributed by atoms with Crippen LogP contribution in [-0.4, -0.2) is 13.8 Å². The number of hydrogen-bond acceptors (Lipinski definition) is 2. The molecule has 0 saturated heterocycles. The molecule has 7 heteroatoms. The summed E-state index contributed by atoms with van der Waals surface area (Å²) >= 11 is 12.2. The molecule has 4 rings (SSSR count). The molecule has 0 saturated carbocycles. The van der Waals surface area contributed by atoms with Crippen molar-refractivity contribution >= 4 is 53.8 Å². The number of benzene rings is 3. The third kappa shape index (κ3) is 3.36. The lowest BCUT2D eigenvalue weighted by Crippen LogP contribution is -2.44. The van der Waals surface area contributed by atoms with Crippen LogP contribution in [-0.2, 0) is 16.8 Å². The molecule has 0 aliphatic carbocycles. The van der Waals surface area contributed by atoms with Gasteiger partial charge in [0, 0.05) is 27.7 Å². The molecule has 1 aliphatic heterocycles. The Morgan fingerprint density at radius 2 is 1.82 bits per heavy atom. The van der Waals surface area contributed by atoms with Crippen molar-refractivity contribution in [1.82, 2.24) is 0 Å². The fourth-order valence-electron chi connectivity index (χ4n) is 3.50. The molecule has 3 aromatic rings. The van der Waals surface area contributed by atoms with Gasteiger partial charge in [0.15, 0.2) is 0 Å². The molecule has 0 bridgehead atoms. The van der Waals surface area contributed by atoms with Gasteiger partial charge in [0.2, 0.25) is 0 Å². The van der Waals surface area contributed by atoms with Gasteiger partial charge in [0.25, 0.3) is 5.91 Å². The van der Waals surface area contributed by atoms with Crippen LogP contribution in [0.5, 0.6) is 0 Å². The highest BCUT2D eigenvalue weighted by atomic mass is 35.5. The molecule has 3 aromatic carbocycles. The summed E-state index contributed by atoms with van der Waals surface area (Å²) in [6, 6.07) is 16.7. The van der Waals surface area contributed by atoms with Gasteiger partial charge in [-0.15, -0.1) is 0 Å². The van der Waals surface area contributed by atoms with Gasteiger partial charge in [-0.2, -0.15) is 0 Å². The minimum atomic E-state index is -1.23. The molecule has 138 valence electrons. The molecule has 0 fully saturated rings. The Bertz CT molecular complexity index is 1090. The average molecular weight is 411 g/mol. The molecular formula is C21H14BCl2FN2O. The van der Waals surface area contributed by atoms with Crippen LogP contribution >= 0.6 is 23.2 Å². The zero-order chi connectivity index (χ0) is 19.9. The SMILES string of the molecule is [B]c1ccc(NC2(Cc3cccc(Cl)c3)C(=O)Nc3cc(Cl)ccc32)c(F)c1. The maximum absolute atomic E-state index is 14.5. The van der Waals surface area contributed by atoms with E-state index < -0.39 is 11.4 Å². The standard InChI is InChI=1S/C21H14BCl2FN2O/c22-13-4-7-18(17(25)9-13)27-21(11-12-2-1-3-14(23)8-12)16-6-5-15(24)10-19(16)26-20(21)28/h1-10,27H,11H2,(H,26,28). The van der Waals surface area contributed by atoms with E-state index in [4.69, 9.17) is 31.0 Å². The maximum atomic E-state index is 14.5. The summed E-state index contributed by atoms with van der Waals surface area (Å²) in [4.78, 5) is 13.1. The maximum Gasteiger partial charge on any atom is 0.255 e. The number of carbonyl (C=O) groups is 1. The summed E-state index contributed by atoms with van der Waals surface area (Å²) in [5, 5.41) is 7.02. The second-order valence-electron chi connectivity index (χ2n) is 6.72. The third-order valence-electron chi connectivity index (χ3n) is 4.78. The molecule has 3 nitrogen and oxygen atoms in total. The van der Waals surface area contributed by atoms with Crippen LogP contribution in [0.15, 0.2) is 60.7 Å². The number of halogens is 3. The fraction of sp³-hybridized carbons (Fsp3) is 0.0952. The Morgan fingerprint density at radius 3 is 2.57 bits per heavy atom. The molecule has 1 atom stereocenters. The van der Waals surface area contributed by atoms with Crippen molar-refractivity contribution in [3.8, 4) is 0 Å². The summed E-state index contributed by atoms with van der Waals surface area (Å²) in [5.41, 5.74) is 1.33. The summed E-state index contributed by atoms with van der Waals surface area (Å²) in [7, 11) is 5.65. The van der Waals surface area contributed by atoms with Gasteiger partial charge in [-0.1, -0.05) is 52.9 Å². The first-order chi connectivity index (χ1) is 13.4. The molecule has 1 amide bonds. The second-order valence-corrected chi connectivity index (χ2v) is 7.59. The van der Waals surface area contributed by atoms with Gasteiger partial charge in [0.05, 0.1) is 5.69 Å². The molecule has 2 radical (unpaired) electrons. The van der Waals surface area contributed by atoms with Gasteiger partial charge >= 0.3 is 0 Å². The minimum absolute atomic E-state index is 0.175. The van der Waals surface area contributed by atoms with E-state index >= 15 is 0 Å². The lowest BCUT2D eigenvalue weighted by molar-refractivity contribution is -0.119. The van der Waals surface area contributed by atoms with Crippen molar-refractivity contribution in [2.75, 3.05) is 10.6 Å². The summed E-state index contributed by atoms with van der Waals surface area (Å²) < 4.78 is 14.5. The zero-order valence-electron chi connectivity index (χ0n) is 14.6. The summed E-state index contributed by atoms with van der Waals surface area (Å²) in [6.45, 7) is 0. The van der Waals surface area contributed by atoms with Crippen LogP contribution < -0.4 is 16.1 Å².